The van der Waals surface area contributed by atoms with E-state index >= 15 is 0 Å². The van der Waals surface area contributed by atoms with Crippen molar-refractivity contribution >= 4 is 0 Å². The van der Waals surface area contributed by atoms with Crippen molar-refractivity contribution in [3.63, 3.8) is 0 Å². The molecule has 0 bridgehead atoms. The van der Waals surface area contributed by atoms with Gasteiger partial charge in [0.15, 0.2) is 0 Å². The Labute approximate surface area is 89.7 Å². The Morgan fingerprint density at radius 1 is 0.500 bits per heavy atom. The van der Waals surface area contributed by atoms with Crippen LogP contribution in [0.2, 0.25) is 0 Å². The summed E-state index contributed by atoms with van der Waals surface area (Å²) in [6.45, 7) is 0. The minimum atomic E-state index is 0. The monoisotopic (exact) mass is 483 g/mol. The molecule has 0 spiro atoms. The predicted octanol–water partition coefficient (Wildman–Crippen LogP) is -8.99. The number of hydrogen-bond donors (Lipinski definition) is 0. The Morgan fingerprint density at radius 2 is 0.500 bits per heavy atom. The van der Waals surface area contributed by atoms with E-state index in [-0.39, 0.29) is 91.4 Å². The fourth-order valence-corrected chi connectivity index (χ4v) is 0. The molecule has 0 aliphatic carbocycles. The van der Waals surface area contributed by atoms with Crippen molar-refractivity contribution < 1.29 is 91.4 Å². The minimum absolute atomic E-state index is 0. The summed E-state index contributed by atoms with van der Waals surface area (Å²) in [5.41, 5.74) is 0. The molecule has 0 saturated heterocycles. The van der Waals surface area contributed by atoms with Gasteiger partial charge in [-0.3, -0.25) is 0 Å². The molecule has 0 aromatic rings. The van der Waals surface area contributed by atoms with E-state index in [4.69, 9.17) is 0 Å². The largest absolute Gasteiger partial charge is 3.00 e. The summed E-state index contributed by atoms with van der Waals surface area (Å²) in [7, 11) is 0. The molecule has 0 aromatic heterocycles. The molecule has 0 saturated carbocycles. The van der Waals surface area contributed by atoms with Gasteiger partial charge in [0.2, 0.25) is 0 Å². The van der Waals surface area contributed by atoms with Crippen LogP contribution in [0.25, 0.3) is 0 Å². The number of rotatable bonds is 0. The van der Waals surface area contributed by atoms with Crippen molar-refractivity contribution in [2.75, 3.05) is 0 Å². The van der Waals surface area contributed by atoms with Gasteiger partial charge in [0.1, 0.15) is 0 Å². The van der Waals surface area contributed by atoms with Gasteiger partial charge in [0, 0.05) is 0 Å². The quantitative estimate of drug-likeness (QED) is 0.238. The molecule has 4 heavy (non-hydrogen) atoms. The van der Waals surface area contributed by atoms with Crippen LogP contribution in [0.4, 0.5) is 0 Å². The second-order valence-electron chi connectivity index (χ2n) is 0. The molecule has 0 aliphatic heterocycles. The molecular weight excluding hydrogens is 482 g/mol. The van der Waals surface area contributed by atoms with Crippen molar-refractivity contribution in [3.05, 3.63) is 0 Å². The first-order valence-electron chi connectivity index (χ1n) is 0. The van der Waals surface area contributed by atoms with Crippen molar-refractivity contribution in [1.82, 2.24) is 0 Å². The molecule has 0 nitrogen and oxygen atoms in total. The van der Waals surface area contributed by atoms with E-state index in [1.165, 1.54) is 0 Å². The van der Waals surface area contributed by atoms with Gasteiger partial charge in [-0.2, -0.15) is 0 Å². The maximum absolute atomic E-state index is 0. The molecule has 0 aliphatic rings. The average Bonchev–Trinajstić information content (AvgIpc) is 0. The van der Waals surface area contributed by atoms with Crippen LogP contribution in [0.1, 0.15) is 0 Å². The Balaban J connectivity index is 0. The van der Waals surface area contributed by atoms with Crippen LogP contribution >= 0.6 is 0 Å². The third kappa shape index (κ3) is 8.84. The molecule has 0 fully saturated rings. The summed E-state index contributed by atoms with van der Waals surface area (Å²) in [5, 5.41) is 0. The zero-order chi connectivity index (χ0) is 0. The Morgan fingerprint density at radius 3 is 0.500 bits per heavy atom. The second-order valence-corrected chi connectivity index (χ2v) is 0. The molecule has 0 heterocycles. The van der Waals surface area contributed by atoms with E-state index in [9.17, 15) is 0 Å². The molecule has 0 N–H and O–H groups in total. The van der Waals surface area contributed by atoms with Crippen LogP contribution < -0.4 is 71.9 Å². The maximum atomic E-state index is 0. The van der Waals surface area contributed by atoms with E-state index in [1.807, 2.05) is 0 Å². The summed E-state index contributed by atoms with van der Waals surface area (Å²) >= 11 is 0. The van der Waals surface area contributed by atoms with Gasteiger partial charge in [-0.1, -0.05) is 0 Å². The van der Waals surface area contributed by atoms with Gasteiger partial charge in [0.25, 0.3) is 0 Å². The maximum Gasteiger partial charge on any atom is 3.00 e. The topological polar surface area (TPSA) is 0 Å². The zero-order valence-electron chi connectivity index (χ0n) is 1.49. The summed E-state index contributed by atoms with van der Waals surface area (Å²) in [6, 6.07) is 0. The summed E-state index contributed by atoms with van der Waals surface area (Å²) in [4.78, 5) is 0. The van der Waals surface area contributed by atoms with E-state index in [0.717, 1.165) is 0 Å². The second kappa shape index (κ2) is 17.0. The van der Waals surface area contributed by atoms with Crippen molar-refractivity contribution in [2.24, 2.45) is 0 Å². The van der Waals surface area contributed by atoms with Crippen LogP contribution in [0.5, 0.6) is 0 Å². The minimum Gasteiger partial charge on any atom is -1.00 e. The summed E-state index contributed by atoms with van der Waals surface area (Å²) < 4.78 is 0. The third-order valence-corrected chi connectivity index (χ3v) is 0. The summed E-state index contributed by atoms with van der Waals surface area (Å²) in [6.07, 6.45) is 0. The molecule has 1 radical (unpaired) electrons. The van der Waals surface area contributed by atoms with Crippen LogP contribution in [0, 0.1) is 0 Å². The normalized spacial score (nSPS) is 0. The van der Waals surface area contributed by atoms with Gasteiger partial charge in [0.05, 0.1) is 0 Å². The van der Waals surface area contributed by atoms with Crippen molar-refractivity contribution in [1.29, 1.82) is 0 Å². The standard InChI is InChI=1S/3HI.Ru/h3*1H;/q;;;+3/p-3. The SMILES string of the molecule is [I-].[I-].[I-].[Ru+3]. The Kier molecular flexibility index (Phi) is 124. The number of halogens is 3. The van der Waals surface area contributed by atoms with Crippen molar-refractivity contribution in [2.45, 2.75) is 0 Å². The fraction of sp³-hybridized carbons (Fsp3) is 0. The smallest absolute Gasteiger partial charge is 1.00 e. The first-order valence-corrected chi connectivity index (χ1v) is 0. The molecule has 0 rings (SSSR count). The van der Waals surface area contributed by atoms with Crippen LogP contribution in [0.15, 0.2) is 0 Å². The first kappa shape index (κ1) is 29.1. The molecule has 0 amide bonds. The van der Waals surface area contributed by atoms with Crippen LogP contribution in [-0.2, 0) is 19.5 Å². The molecule has 0 aromatic carbocycles. The van der Waals surface area contributed by atoms with Gasteiger partial charge >= 0.3 is 19.5 Å². The van der Waals surface area contributed by atoms with Crippen molar-refractivity contribution in [3.8, 4) is 0 Å². The van der Waals surface area contributed by atoms with Gasteiger partial charge < -0.3 is 71.9 Å². The zero-order valence-corrected chi connectivity index (χ0v) is 9.70. The third-order valence-electron chi connectivity index (χ3n) is 0. The van der Waals surface area contributed by atoms with E-state index in [0.29, 0.717) is 0 Å². The summed E-state index contributed by atoms with van der Waals surface area (Å²) in [5.74, 6) is 0. The number of hydrogen-bond acceptors (Lipinski definition) is 0. The Hall–Kier alpha value is 2.81. The molecule has 0 unspecified atom stereocenters. The average molecular weight is 482 g/mol. The van der Waals surface area contributed by atoms with Gasteiger partial charge in [-0.05, 0) is 0 Å². The van der Waals surface area contributed by atoms with Gasteiger partial charge in [-0.25, -0.2) is 0 Å². The molecule has 4 heteroatoms. The van der Waals surface area contributed by atoms with E-state index in [2.05, 4.69) is 0 Å². The van der Waals surface area contributed by atoms with Crippen LogP contribution in [0.3, 0.4) is 0 Å². The Bertz CT molecular complexity index is 3.25. The predicted molar refractivity (Wildman–Crippen MR) is 0 cm³/mol. The van der Waals surface area contributed by atoms with E-state index < -0.39 is 0 Å². The fourth-order valence-electron chi connectivity index (χ4n) is 0. The molecule has 29 valence electrons. The van der Waals surface area contributed by atoms with Gasteiger partial charge in [-0.15, -0.1) is 0 Å². The van der Waals surface area contributed by atoms with E-state index in [1.54, 1.807) is 0 Å². The first-order chi connectivity index (χ1) is 0. The molecule has 0 atom stereocenters. The molecular formula is I3Ru. The van der Waals surface area contributed by atoms with Crippen LogP contribution in [-0.4, -0.2) is 0 Å².